The van der Waals surface area contributed by atoms with Crippen LogP contribution in [-0.2, 0) is 15.6 Å². The summed E-state index contributed by atoms with van der Waals surface area (Å²) in [5.41, 5.74) is 0. The first-order valence-electron chi connectivity index (χ1n) is 6.67. The third-order valence-corrected chi connectivity index (χ3v) is 5.13. The van der Waals surface area contributed by atoms with Gasteiger partial charge in [-0.25, -0.2) is 4.79 Å². The van der Waals surface area contributed by atoms with Crippen LogP contribution in [0.1, 0.15) is 25.7 Å². The van der Waals surface area contributed by atoms with E-state index in [9.17, 15) is 13.8 Å². The topological polar surface area (TPSA) is 86.7 Å². The van der Waals surface area contributed by atoms with Crippen molar-refractivity contribution in [2.45, 2.75) is 31.7 Å². The van der Waals surface area contributed by atoms with E-state index in [1.807, 2.05) is 0 Å². The van der Waals surface area contributed by atoms with Crippen molar-refractivity contribution in [3.63, 3.8) is 0 Å². The second kappa shape index (κ2) is 6.36. The molecule has 0 radical (unpaired) electrons. The highest BCUT2D eigenvalue weighted by molar-refractivity contribution is 7.85. The summed E-state index contributed by atoms with van der Waals surface area (Å²) < 4.78 is 11.2. The number of carboxylic acid groups (broad SMARTS) is 1. The Bertz CT molecular complexity index is 378. The largest absolute Gasteiger partial charge is 0.481 e. The molecular weight excluding hydrogens is 268 g/mol. The zero-order valence-electron chi connectivity index (χ0n) is 10.8. The third kappa shape index (κ3) is 4.19. The van der Waals surface area contributed by atoms with Gasteiger partial charge in [0.25, 0.3) is 0 Å². The Morgan fingerprint density at radius 3 is 2.58 bits per heavy atom. The minimum absolute atomic E-state index is 0.0714. The normalized spacial score (nSPS) is 31.2. The summed E-state index contributed by atoms with van der Waals surface area (Å²) in [6.45, 7) is 1.15. The maximum absolute atomic E-state index is 12.0. The fourth-order valence-electron chi connectivity index (χ4n) is 2.63. The second-order valence-electron chi connectivity index (χ2n) is 5.27. The number of aliphatic carboxylic acids is 1. The van der Waals surface area contributed by atoms with Crippen molar-refractivity contribution < 1.29 is 18.9 Å². The molecule has 2 heterocycles. The standard InChI is InChI=1S/C12H20N2O4S/c15-11(16)7-9-1-4-14(8-9)12(17)13-10-2-5-19(18)6-3-10/h9-10H,1-8H2,(H,13,17)(H,15,16). The van der Waals surface area contributed by atoms with E-state index in [4.69, 9.17) is 5.11 Å². The average molecular weight is 288 g/mol. The number of hydrogen-bond acceptors (Lipinski definition) is 3. The molecule has 108 valence electrons. The van der Waals surface area contributed by atoms with Crippen molar-refractivity contribution >= 4 is 22.8 Å². The third-order valence-electron chi connectivity index (χ3n) is 3.75. The fraction of sp³-hybridized carbons (Fsp3) is 0.833. The van der Waals surface area contributed by atoms with E-state index in [0.717, 1.165) is 19.3 Å². The van der Waals surface area contributed by atoms with Crippen LogP contribution in [0.15, 0.2) is 0 Å². The number of carbonyl (C=O) groups is 2. The van der Waals surface area contributed by atoms with E-state index in [2.05, 4.69) is 5.32 Å². The van der Waals surface area contributed by atoms with Crippen LogP contribution in [0.3, 0.4) is 0 Å². The zero-order chi connectivity index (χ0) is 13.8. The van der Waals surface area contributed by atoms with Crippen LogP contribution in [0.4, 0.5) is 4.79 Å². The molecule has 2 fully saturated rings. The van der Waals surface area contributed by atoms with Gasteiger partial charge in [0.15, 0.2) is 0 Å². The van der Waals surface area contributed by atoms with Crippen LogP contribution in [0.5, 0.6) is 0 Å². The van der Waals surface area contributed by atoms with Crippen LogP contribution in [-0.4, -0.2) is 56.9 Å². The minimum atomic E-state index is -0.804. The van der Waals surface area contributed by atoms with E-state index in [-0.39, 0.29) is 24.4 Å². The van der Waals surface area contributed by atoms with Crippen molar-refractivity contribution in [1.82, 2.24) is 10.2 Å². The molecule has 0 aliphatic carbocycles. The predicted octanol–water partition coefficient (Wildman–Crippen LogP) is 0.404. The number of hydrogen-bond donors (Lipinski definition) is 2. The van der Waals surface area contributed by atoms with Gasteiger partial charge < -0.3 is 15.3 Å². The summed E-state index contributed by atoms with van der Waals surface area (Å²) in [6, 6.07) is 0.00861. The average Bonchev–Trinajstić information content (AvgIpc) is 2.80. The first-order chi connectivity index (χ1) is 9.04. The number of nitrogens with one attached hydrogen (secondary N) is 1. The van der Waals surface area contributed by atoms with E-state index in [1.54, 1.807) is 4.90 Å². The Kier molecular flexibility index (Phi) is 4.79. The summed E-state index contributed by atoms with van der Waals surface area (Å²) >= 11 is 0. The molecule has 0 aromatic carbocycles. The van der Waals surface area contributed by atoms with Gasteiger partial charge in [-0.3, -0.25) is 9.00 Å². The second-order valence-corrected chi connectivity index (χ2v) is 6.97. The highest BCUT2D eigenvalue weighted by atomic mass is 32.2. The quantitative estimate of drug-likeness (QED) is 0.787. The van der Waals surface area contributed by atoms with E-state index >= 15 is 0 Å². The SMILES string of the molecule is O=C(O)CC1CCN(C(=O)NC2CCS(=O)CC2)C1. The maximum Gasteiger partial charge on any atom is 0.317 e. The van der Waals surface area contributed by atoms with Gasteiger partial charge in [0.05, 0.1) is 0 Å². The Labute approximate surface area is 115 Å². The summed E-state index contributed by atoms with van der Waals surface area (Å²) in [7, 11) is -0.720. The summed E-state index contributed by atoms with van der Waals surface area (Å²) in [5.74, 6) is 0.586. The molecular formula is C12H20N2O4S. The molecule has 19 heavy (non-hydrogen) atoms. The zero-order valence-corrected chi connectivity index (χ0v) is 11.7. The number of urea groups is 1. The molecule has 6 nitrogen and oxygen atoms in total. The molecule has 7 heteroatoms. The number of nitrogens with zero attached hydrogens (tertiary/aromatic N) is 1. The van der Waals surface area contributed by atoms with Gasteiger partial charge in [-0.1, -0.05) is 0 Å². The maximum atomic E-state index is 12.0. The highest BCUT2D eigenvalue weighted by Crippen LogP contribution is 2.20. The van der Waals surface area contributed by atoms with Gasteiger partial charge >= 0.3 is 12.0 Å². The Balaban J connectivity index is 1.75. The van der Waals surface area contributed by atoms with Gasteiger partial charge in [0, 0.05) is 47.9 Å². The lowest BCUT2D eigenvalue weighted by molar-refractivity contribution is -0.138. The predicted molar refractivity (Wildman–Crippen MR) is 71.4 cm³/mol. The van der Waals surface area contributed by atoms with Crippen molar-refractivity contribution in [2.75, 3.05) is 24.6 Å². The molecule has 0 saturated carbocycles. The lowest BCUT2D eigenvalue weighted by Crippen LogP contribution is -2.46. The van der Waals surface area contributed by atoms with Gasteiger partial charge in [0.1, 0.15) is 0 Å². The smallest absolute Gasteiger partial charge is 0.317 e. The number of likely N-dealkylation sites (tertiary alicyclic amines) is 1. The molecule has 2 N–H and O–H groups in total. The van der Waals surface area contributed by atoms with Crippen LogP contribution in [0.2, 0.25) is 0 Å². The Morgan fingerprint density at radius 1 is 1.26 bits per heavy atom. The summed E-state index contributed by atoms with van der Waals surface area (Å²) in [4.78, 5) is 24.3. The van der Waals surface area contributed by atoms with E-state index < -0.39 is 16.8 Å². The van der Waals surface area contributed by atoms with Crippen molar-refractivity contribution in [2.24, 2.45) is 5.92 Å². The van der Waals surface area contributed by atoms with Crippen LogP contribution in [0.25, 0.3) is 0 Å². The molecule has 2 amide bonds. The molecule has 2 aliphatic heterocycles. The van der Waals surface area contributed by atoms with Gasteiger partial charge in [0.2, 0.25) is 0 Å². The minimum Gasteiger partial charge on any atom is -0.481 e. The first kappa shape index (κ1) is 14.3. The van der Waals surface area contributed by atoms with Crippen LogP contribution >= 0.6 is 0 Å². The number of carboxylic acids is 1. The van der Waals surface area contributed by atoms with Gasteiger partial charge in [-0.15, -0.1) is 0 Å². The van der Waals surface area contributed by atoms with Gasteiger partial charge in [-0.05, 0) is 25.2 Å². The number of carbonyl (C=O) groups excluding carboxylic acids is 1. The molecule has 0 bridgehead atoms. The summed E-state index contributed by atoms with van der Waals surface area (Å²) in [6.07, 6.45) is 2.43. The molecule has 2 rings (SSSR count). The Morgan fingerprint density at radius 2 is 1.95 bits per heavy atom. The first-order valence-corrected chi connectivity index (χ1v) is 8.15. The number of rotatable bonds is 3. The van der Waals surface area contributed by atoms with Crippen molar-refractivity contribution in [3.8, 4) is 0 Å². The fourth-order valence-corrected chi connectivity index (χ4v) is 3.93. The number of amides is 2. The summed E-state index contributed by atoms with van der Waals surface area (Å²) in [5, 5.41) is 11.7. The molecule has 0 aromatic heterocycles. The highest BCUT2D eigenvalue weighted by Gasteiger charge is 2.29. The van der Waals surface area contributed by atoms with Crippen LogP contribution in [0, 0.1) is 5.92 Å². The molecule has 0 spiro atoms. The monoisotopic (exact) mass is 288 g/mol. The van der Waals surface area contributed by atoms with Crippen LogP contribution < -0.4 is 5.32 Å². The van der Waals surface area contributed by atoms with Crippen molar-refractivity contribution in [1.29, 1.82) is 0 Å². The lowest BCUT2D eigenvalue weighted by atomic mass is 10.1. The molecule has 1 atom stereocenters. The lowest BCUT2D eigenvalue weighted by Gasteiger charge is -2.25. The van der Waals surface area contributed by atoms with Crippen molar-refractivity contribution in [3.05, 3.63) is 0 Å². The molecule has 2 saturated heterocycles. The molecule has 2 aliphatic rings. The van der Waals surface area contributed by atoms with Gasteiger partial charge in [-0.2, -0.15) is 0 Å². The van der Waals surface area contributed by atoms with E-state index in [0.29, 0.717) is 24.6 Å². The van der Waals surface area contributed by atoms with E-state index in [1.165, 1.54) is 0 Å². The molecule has 1 unspecified atom stereocenters. The molecule has 0 aromatic rings. The Hall–Kier alpha value is -1.11.